The fourth-order valence-corrected chi connectivity index (χ4v) is 1.98. The summed E-state index contributed by atoms with van der Waals surface area (Å²) in [6, 6.07) is 5.17. The number of hydrogen-bond acceptors (Lipinski definition) is 3. The summed E-state index contributed by atoms with van der Waals surface area (Å²) >= 11 is 5.48. The standard InChI is InChI=1S/C13H14ClFO3/c1-3-13(4-2,11(14)16)12(17)18-10-7-5-6-9(15)8-10/h5-8H,3-4H2,1-2H3. The Morgan fingerprint density at radius 3 is 2.39 bits per heavy atom. The second-order valence-electron chi connectivity index (χ2n) is 3.91. The quantitative estimate of drug-likeness (QED) is 0.357. The van der Waals surface area contributed by atoms with Crippen molar-refractivity contribution >= 4 is 22.8 Å². The van der Waals surface area contributed by atoms with Gasteiger partial charge in [0.15, 0.2) is 0 Å². The van der Waals surface area contributed by atoms with E-state index in [1.807, 2.05) is 0 Å². The predicted molar refractivity (Wildman–Crippen MR) is 65.9 cm³/mol. The van der Waals surface area contributed by atoms with Crippen LogP contribution in [0.3, 0.4) is 0 Å². The van der Waals surface area contributed by atoms with Gasteiger partial charge in [-0.15, -0.1) is 0 Å². The summed E-state index contributed by atoms with van der Waals surface area (Å²) in [5.41, 5.74) is -1.37. The highest BCUT2D eigenvalue weighted by atomic mass is 35.5. The van der Waals surface area contributed by atoms with Crippen LogP contribution >= 0.6 is 11.6 Å². The molecule has 1 aromatic rings. The molecule has 0 atom stereocenters. The molecule has 0 aromatic heterocycles. The topological polar surface area (TPSA) is 43.4 Å². The Bertz CT molecular complexity index is 455. The average Bonchev–Trinajstić information content (AvgIpc) is 2.30. The maximum atomic E-state index is 13.0. The number of rotatable bonds is 5. The summed E-state index contributed by atoms with van der Waals surface area (Å²) in [5, 5.41) is -0.756. The van der Waals surface area contributed by atoms with Crippen molar-refractivity contribution in [2.24, 2.45) is 5.41 Å². The van der Waals surface area contributed by atoms with Crippen LogP contribution in [-0.4, -0.2) is 11.2 Å². The Labute approximate surface area is 110 Å². The molecule has 1 aromatic carbocycles. The molecule has 0 spiro atoms. The Balaban J connectivity index is 2.96. The smallest absolute Gasteiger partial charge is 0.326 e. The maximum absolute atomic E-state index is 13.0. The Kier molecular flexibility index (Phi) is 4.84. The molecule has 18 heavy (non-hydrogen) atoms. The molecule has 0 amide bonds. The summed E-state index contributed by atoms with van der Waals surface area (Å²) in [6.07, 6.45) is 0.472. The molecule has 0 radical (unpaired) electrons. The molecule has 98 valence electrons. The van der Waals surface area contributed by atoms with Gasteiger partial charge < -0.3 is 4.74 Å². The van der Waals surface area contributed by atoms with Gasteiger partial charge >= 0.3 is 5.97 Å². The normalized spacial score (nSPS) is 11.1. The highest BCUT2D eigenvalue weighted by Crippen LogP contribution is 2.31. The van der Waals surface area contributed by atoms with Gasteiger partial charge in [0.25, 0.3) is 0 Å². The van der Waals surface area contributed by atoms with Crippen LogP contribution in [0.15, 0.2) is 24.3 Å². The number of esters is 1. The van der Waals surface area contributed by atoms with Gasteiger partial charge in [0.1, 0.15) is 17.0 Å². The molecule has 0 aliphatic heterocycles. The van der Waals surface area contributed by atoms with Crippen LogP contribution in [0.5, 0.6) is 5.75 Å². The average molecular weight is 273 g/mol. The fourth-order valence-electron chi connectivity index (χ4n) is 1.63. The summed E-state index contributed by atoms with van der Waals surface area (Å²) in [4.78, 5) is 23.4. The van der Waals surface area contributed by atoms with Gasteiger partial charge in [-0.3, -0.25) is 9.59 Å². The third-order valence-electron chi connectivity index (χ3n) is 2.98. The zero-order valence-corrected chi connectivity index (χ0v) is 11.0. The largest absolute Gasteiger partial charge is 0.426 e. The molecule has 1 rings (SSSR count). The lowest BCUT2D eigenvalue weighted by Crippen LogP contribution is -2.39. The van der Waals surface area contributed by atoms with Gasteiger partial charge in [0, 0.05) is 6.07 Å². The molecular formula is C13H14ClFO3. The molecule has 5 heteroatoms. The van der Waals surface area contributed by atoms with Gasteiger partial charge in [-0.1, -0.05) is 19.9 Å². The van der Waals surface area contributed by atoms with Crippen molar-refractivity contribution in [2.75, 3.05) is 0 Å². The summed E-state index contributed by atoms with van der Waals surface area (Å²) < 4.78 is 18.0. The van der Waals surface area contributed by atoms with E-state index in [-0.39, 0.29) is 18.6 Å². The van der Waals surface area contributed by atoms with E-state index in [0.29, 0.717) is 0 Å². The van der Waals surface area contributed by atoms with Crippen molar-refractivity contribution in [3.05, 3.63) is 30.1 Å². The van der Waals surface area contributed by atoms with Crippen LogP contribution in [-0.2, 0) is 9.59 Å². The van der Waals surface area contributed by atoms with Crippen molar-refractivity contribution in [3.8, 4) is 5.75 Å². The van der Waals surface area contributed by atoms with Crippen LogP contribution in [0.2, 0.25) is 0 Å². The zero-order chi connectivity index (χ0) is 13.8. The summed E-state index contributed by atoms with van der Waals surface area (Å²) in [6.45, 7) is 3.35. The van der Waals surface area contributed by atoms with E-state index in [1.165, 1.54) is 18.2 Å². The van der Waals surface area contributed by atoms with Crippen LogP contribution in [0.1, 0.15) is 26.7 Å². The van der Waals surface area contributed by atoms with Gasteiger partial charge in [-0.05, 0) is 36.6 Å². The highest BCUT2D eigenvalue weighted by Gasteiger charge is 2.43. The van der Waals surface area contributed by atoms with Crippen molar-refractivity contribution in [1.82, 2.24) is 0 Å². The molecule has 0 N–H and O–H groups in total. The Morgan fingerprint density at radius 2 is 1.94 bits per heavy atom. The van der Waals surface area contributed by atoms with Gasteiger partial charge in [-0.25, -0.2) is 4.39 Å². The molecule has 0 saturated carbocycles. The van der Waals surface area contributed by atoms with E-state index in [4.69, 9.17) is 16.3 Å². The van der Waals surface area contributed by atoms with Gasteiger partial charge in [0.2, 0.25) is 5.24 Å². The number of halogens is 2. The number of ether oxygens (including phenoxy) is 1. The number of hydrogen-bond donors (Lipinski definition) is 0. The van der Waals surface area contributed by atoms with Gasteiger partial charge in [-0.2, -0.15) is 0 Å². The molecular weight excluding hydrogens is 259 g/mol. The van der Waals surface area contributed by atoms with E-state index >= 15 is 0 Å². The first kappa shape index (κ1) is 14.6. The second kappa shape index (κ2) is 5.96. The predicted octanol–water partition coefficient (Wildman–Crippen LogP) is 3.30. The lowest BCUT2D eigenvalue weighted by atomic mass is 9.84. The fraction of sp³-hybridized carbons (Fsp3) is 0.385. The highest BCUT2D eigenvalue weighted by molar-refractivity contribution is 6.66. The number of benzene rings is 1. The molecule has 0 heterocycles. The van der Waals surface area contributed by atoms with E-state index < -0.39 is 22.4 Å². The van der Waals surface area contributed by atoms with Crippen LogP contribution in [0.4, 0.5) is 4.39 Å². The maximum Gasteiger partial charge on any atom is 0.326 e. The van der Waals surface area contributed by atoms with Crippen LogP contribution < -0.4 is 4.74 Å². The first-order valence-electron chi connectivity index (χ1n) is 5.64. The first-order chi connectivity index (χ1) is 8.46. The van der Waals surface area contributed by atoms with E-state index in [0.717, 1.165) is 6.07 Å². The first-order valence-corrected chi connectivity index (χ1v) is 6.02. The van der Waals surface area contributed by atoms with Crippen molar-refractivity contribution < 1.29 is 18.7 Å². The van der Waals surface area contributed by atoms with Crippen LogP contribution in [0.25, 0.3) is 0 Å². The zero-order valence-electron chi connectivity index (χ0n) is 10.2. The lowest BCUT2D eigenvalue weighted by Gasteiger charge is -2.24. The van der Waals surface area contributed by atoms with E-state index in [1.54, 1.807) is 13.8 Å². The van der Waals surface area contributed by atoms with Crippen molar-refractivity contribution in [2.45, 2.75) is 26.7 Å². The molecule has 3 nitrogen and oxygen atoms in total. The molecule has 0 aliphatic carbocycles. The van der Waals surface area contributed by atoms with Crippen molar-refractivity contribution in [1.29, 1.82) is 0 Å². The molecule has 0 fully saturated rings. The molecule has 0 unspecified atom stereocenters. The number of carbonyl (C=O) groups is 2. The van der Waals surface area contributed by atoms with E-state index in [9.17, 15) is 14.0 Å². The van der Waals surface area contributed by atoms with Crippen LogP contribution in [0, 0.1) is 11.2 Å². The third kappa shape index (κ3) is 2.88. The minimum Gasteiger partial charge on any atom is -0.426 e. The second-order valence-corrected chi connectivity index (χ2v) is 4.25. The third-order valence-corrected chi connectivity index (χ3v) is 3.34. The molecule has 0 aliphatic rings. The SMILES string of the molecule is CCC(CC)(C(=O)Cl)C(=O)Oc1cccc(F)c1. The minimum atomic E-state index is -1.37. The number of carbonyl (C=O) groups excluding carboxylic acids is 2. The van der Waals surface area contributed by atoms with E-state index in [2.05, 4.69) is 0 Å². The summed E-state index contributed by atoms with van der Waals surface area (Å²) in [7, 11) is 0. The Hall–Kier alpha value is -1.42. The Morgan fingerprint density at radius 1 is 1.33 bits per heavy atom. The van der Waals surface area contributed by atoms with Gasteiger partial charge in [0.05, 0.1) is 0 Å². The molecule has 0 bridgehead atoms. The molecule has 0 saturated heterocycles. The van der Waals surface area contributed by atoms with Crippen molar-refractivity contribution in [3.63, 3.8) is 0 Å². The summed E-state index contributed by atoms with van der Waals surface area (Å²) in [5.74, 6) is -1.21. The monoisotopic (exact) mass is 272 g/mol. The minimum absolute atomic E-state index is 0.0594. The lowest BCUT2D eigenvalue weighted by molar-refractivity contribution is -0.150.